The zero-order valence-electron chi connectivity index (χ0n) is 9.16. The Morgan fingerprint density at radius 3 is 2.73 bits per heavy atom. The maximum atomic E-state index is 11.7. The van der Waals surface area contributed by atoms with Crippen molar-refractivity contribution in [2.45, 2.75) is 32.2 Å². The standard InChI is InChI=1S/C11H17N3O/c1-11(2,13)6-5-9(15)8-4-3-7-14-10(8)12/h3-4,7H,5-6,13H2,1-2H3,(H2,12,14). The Morgan fingerprint density at radius 2 is 2.20 bits per heavy atom. The highest BCUT2D eigenvalue weighted by molar-refractivity contribution is 5.99. The number of carbonyl (C=O) groups excluding carboxylic acids is 1. The molecule has 0 radical (unpaired) electrons. The second-order valence-corrected chi connectivity index (χ2v) is 4.35. The highest BCUT2D eigenvalue weighted by atomic mass is 16.1. The van der Waals surface area contributed by atoms with Crippen LogP contribution in [0.25, 0.3) is 0 Å². The number of pyridine rings is 1. The van der Waals surface area contributed by atoms with Crippen molar-refractivity contribution in [2.75, 3.05) is 5.73 Å². The van der Waals surface area contributed by atoms with E-state index in [1.165, 1.54) is 0 Å². The van der Waals surface area contributed by atoms with Crippen LogP contribution in [0.4, 0.5) is 5.82 Å². The van der Waals surface area contributed by atoms with E-state index in [0.29, 0.717) is 18.4 Å². The van der Waals surface area contributed by atoms with Crippen LogP contribution in [0, 0.1) is 0 Å². The zero-order chi connectivity index (χ0) is 11.5. The molecule has 15 heavy (non-hydrogen) atoms. The third-order valence-electron chi connectivity index (χ3n) is 2.14. The largest absolute Gasteiger partial charge is 0.383 e. The summed E-state index contributed by atoms with van der Waals surface area (Å²) >= 11 is 0. The number of hydrogen-bond acceptors (Lipinski definition) is 4. The molecule has 0 aliphatic carbocycles. The number of ketones is 1. The number of rotatable bonds is 4. The zero-order valence-corrected chi connectivity index (χ0v) is 9.16. The summed E-state index contributed by atoms with van der Waals surface area (Å²) in [6.45, 7) is 3.79. The van der Waals surface area contributed by atoms with Crippen molar-refractivity contribution in [3.05, 3.63) is 23.9 Å². The number of Topliss-reactive ketones (excluding diaryl/α,β-unsaturated/α-hetero) is 1. The minimum absolute atomic E-state index is 0.000810. The third-order valence-corrected chi connectivity index (χ3v) is 2.14. The molecule has 0 spiro atoms. The molecule has 82 valence electrons. The van der Waals surface area contributed by atoms with E-state index in [9.17, 15) is 4.79 Å². The maximum absolute atomic E-state index is 11.7. The molecule has 0 saturated carbocycles. The molecule has 0 aliphatic rings. The minimum atomic E-state index is -0.327. The lowest BCUT2D eigenvalue weighted by atomic mass is 9.96. The first kappa shape index (κ1) is 11.7. The number of carbonyl (C=O) groups is 1. The Balaban J connectivity index is 2.66. The normalized spacial score (nSPS) is 11.4. The summed E-state index contributed by atoms with van der Waals surface area (Å²) in [7, 11) is 0. The summed E-state index contributed by atoms with van der Waals surface area (Å²) in [6.07, 6.45) is 2.61. The Morgan fingerprint density at radius 1 is 1.53 bits per heavy atom. The monoisotopic (exact) mass is 207 g/mol. The number of nitrogen functional groups attached to an aromatic ring is 1. The van der Waals surface area contributed by atoms with Crippen LogP contribution in [-0.4, -0.2) is 16.3 Å². The van der Waals surface area contributed by atoms with Gasteiger partial charge in [0.15, 0.2) is 5.78 Å². The van der Waals surface area contributed by atoms with Gasteiger partial charge in [-0.25, -0.2) is 4.98 Å². The number of aromatic nitrogens is 1. The van der Waals surface area contributed by atoms with Crippen LogP contribution in [0.1, 0.15) is 37.0 Å². The first-order chi connectivity index (χ1) is 6.90. The first-order valence-electron chi connectivity index (χ1n) is 4.93. The molecule has 4 heteroatoms. The molecule has 0 saturated heterocycles. The predicted octanol–water partition coefficient (Wildman–Crippen LogP) is 1.36. The fourth-order valence-corrected chi connectivity index (χ4v) is 1.22. The molecule has 1 heterocycles. The highest BCUT2D eigenvalue weighted by Gasteiger charge is 2.15. The Bertz CT molecular complexity index is 355. The van der Waals surface area contributed by atoms with Gasteiger partial charge in [-0.2, -0.15) is 0 Å². The quantitative estimate of drug-likeness (QED) is 0.730. The van der Waals surface area contributed by atoms with Gasteiger partial charge in [-0.3, -0.25) is 4.79 Å². The molecule has 1 aromatic rings. The average Bonchev–Trinajstić information content (AvgIpc) is 2.14. The van der Waals surface area contributed by atoms with Crippen LogP contribution in [0.15, 0.2) is 18.3 Å². The van der Waals surface area contributed by atoms with Gasteiger partial charge in [0.05, 0.1) is 5.56 Å². The van der Waals surface area contributed by atoms with Crippen LogP contribution in [0.5, 0.6) is 0 Å². The van der Waals surface area contributed by atoms with Crippen molar-refractivity contribution in [3.8, 4) is 0 Å². The Labute approximate surface area is 89.7 Å². The van der Waals surface area contributed by atoms with Crippen molar-refractivity contribution in [1.29, 1.82) is 0 Å². The number of nitrogens with zero attached hydrogens (tertiary/aromatic N) is 1. The summed E-state index contributed by atoms with van der Waals surface area (Å²) in [6, 6.07) is 3.39. The summed E-state index contributed by atoms with van der Waals surface area (Å²) < 4.78 is 0. The summed E-state index contributed by atoms with van der Waals surface area (Å²) in [5, 5.41) is 0. The van der Waals surface area contributed by atoms with Gasteiger partial charge in [0.2, 0.25) is 0 Å². The van der Waals surface area contributed by atoms with E-state index in [1.807, 2.05) is 13.8 Å². The van der Waals surface area contributed by atoms with Crippen LogP contribution in [0.3, 0.4) is 0 Å². The third kappa shape index (κ3) is 3.67. The lowest BCUT2D eigenvalue weighted by molar-refractivity contribution is 0.0973. The van der Waals surface area contributed by atoms with Gasteiger partial charge in [0.25, 0.3) is 0 Å². The van der Waals surface area contributed by atoms with Gasteiger partial charge in [0, 0.05) is 18.2 Å². The maximum Gasteiger partial charge on any atom is 0.166 e. The van der Waals surface area contributed by atoms with Crippen molar-refractivity contribution in [2.24, 2.45) is 5.73 Å². The molecule has 4 nitrogen and oxygen atoms in total. The molecule has 0 fully saturated rings. The van der Waals surface area contributed by atoms with Gasteiger partial charge in [-0.1, -0.05) is 0 Å². The molecular formula is C11H17N3O. The number of anilines is 1. The van der Waals surface area contributed by atoms with Gasteiger partial charge >= 0.3 is 0 Å². The Hall–Kier alpha value is -1.42. The van der Waals surface area contributed by atoms with Crippen LogP contribution in [-0.2, 0) is 0 Å². The van der Waals surface area contributed by atoms with Crippen molar-refractivity contribution >= 4 is 11.6 Å². The SMILES string of the molecule is CC(C)(N)CCC(=O)c1cccnc1N. The van der Waals surface area contributed by atoms with Crippen molar-refractivity contribution in [3.63, 3.8) is 0 Å². The minimum Gasteiger partial charge on any atom is -0.383 e. The van der Waals surface area contributed by atoms with Crippen molar-refractivity contribution < 1.29 is 4.79 Å². The first-order valence-corrected chi connectivity index (χ1v) is 4.93. The van der Waals surface area contributed by atoms with Crippen LogP contribution in [0.2, 0.25) is 0 Å². The molecule has 0 atom stereocenters. The lowest BCUT2D eigenvalue weighted by Crippen LogP contribution is -2.32. The van der Waals surface area contributed by atoms with E-state index >= 15 is 0 Å². The van der Waals surface area contributed by atoms with E-state index in [2.05, 4.69) is 4.98 Å². The van der Waals surface area contributed by atoms with E-state index in [-0.39, 0.29) is 17.1 Å². The van der Waals surface area contributed by atoms with E-state index < -0.39 is 0 Å². The predicted molar refractivity (Wildman–Crippen MR) is 60.5 cm³/mol. The van der Waals surface area contributed by atoms with Crippen LogP contribution < -0.4 is 11.5 Å². The highest BCUT2D eigenvalue weighted by Crippen LogP contribution is 2.14. The molecule has 0 bridgehead atoms. The van der Waals surface area contributed by atoms with E-state index in [1.54, 1.807) is 18.3 Å². The fourth-order valence-electron chi connectivity index (χ4n) is 1.22. The van der Waals surface area contributed by atoms with Crippen molar-refractivity contribution in [1.82, 2.24) is 4.98 Å². The van der Waals surface area contributed by atoms with E-state index in [0.717, 1.165) is 0 Å². The molecular weight excluding hydrogens is 190 g/mol. The molecule has 4 N–H and O–H groups in total. The smallest absolute Gasteiger partial charge is 0.166 e. The summed E-state index contributed by atoms with van der Waals surface area (Å²) in [4.78, 5) is 15.6. The van der Waals surface area contributed by atoms with E-state index in [4.69, 9.17) is 11.5 Å². The molecule has 1 aromatic heterocycles. The Kier molecular flexibility index (Phi) is 3.42. The number of hydrogen-bond donors (Lipinski definition) is 2. The molecule has 0 aromatic carbocycles. The molecule has 1 rings (SSSR count). The molecule has 0 aliphatic heterocycles. The lowest BCUT2D eigenvalue weighted by Gasteiger charge is -2.17. The average molecular weight is 207 g/mol. The summed E-state index contributed by atoms with van der Waals surface area (Å²) in [5.41, 5.74) is 11.6. The molecule has 0 amide bonds. The van der Waals surface area contributed by atoms with Gasteiger partial charge < -0.3 is 11.5 Å². The van der Waals surface area contributed by atoms with Gasteiger partial charge in [0.1, 0.15) is 5.82 Å². The van der Waals surface area contributed by atoms with Gasteiger partial charge in [-0.15, -0.1) is 0 Å². The second-order valence-electron chi connectivity index (χ2n) is 4.35. The summed E-state index contributed by atoms with van der Waals surface area (Å²) in [5.74, 6) is 0.288. The number of nitrogens with two attached hydrogens (primary N) is 2. The topological polar surface area (TPSA) is 82.0 Å². The molecule has 0 unspecified atom stereocenters. The fraction of sp³-hybridized carbons (Fsp3) is 0.455. The van der Waals surface area contributed by atoms with Gasteiger partial charge in [-0.05, 0) is 32.4 Å². The second kappa shape index (κ2) is 4.40. The van der Waals surface area contributed by atoms with Crippen LogP contribution >= 0.6 is 0 Å².